The molecule has 0 unspecified atom stereocenters. The van der Waals surface area contributed by atoms with Crippen LogP contribution in [0.5, 0.6) is 0 Å². The molecule has 0 amide bonds. The van der Waals surface area contributed by atoms with Crippen molar-refractivity contribution in [3.8, 4) is 0 Å². The van der Waals surface area contributed by atoms with Crippen LogP contribution in [0.2, 0.25) is 0 Å². The van der Waals surface area contributed by atoms with E-state index in [1.165, 1.54) is 7.11 Å². The maximum absolute atomic E-state index is 13.3. The lowest BCUT2D eigenvalue weighted by atomic mass is 9.96. The van der Waals surface area contributed by atoms with Crippen LogP contribution in [0, 0.1) is 10.8 Å². The van der Waals surface area contributed by atoms with Crippen LogP contribution >= 0.6 is 0 Å². The van der Waals surface area contributed by atoms with Crippen LogP contribution in [0.1, 0.15) is 47.1 Å². The molecule has 1 fully saturated rings. The number of Topliss-reactive ketones (excluding diaryl/α,β-unsaturated/α-hetero) is 1. The molecule has 0 aliphatic carbocycles. The Labute approximate surface area is 189 Å². The molecule has 0 radical (unpaired) electrons. The van der Waals surface area contributed by atoms with Crippen LogP contribution in [0.4, 0.5) is 0 Å². The van der Waals surface area contributed by atoms with E-state index in [2.05, 4.69) is 0 Å². The number of esters is 2. The fourth-order valence-electron chi connectivity index (χ4n) is 2.83. The predicted octanol–water partition coefficient (Wildman–Crippen LogP) is 3.06. The summed E-state index contributed by atoms with van der Waals surface area (Å²) in [5.41, 5.74) is -0.689. The third-order valence-corrected chi connectivity index (χ3v) is 4.80. The number of carbonyl (C=O) groups excluding carboxylic acids is 3. The second kappa shape index (κ2) is 10.6. The molecule has 1 heterocycles. The minimum Gasteiger partial charge on any atom is -0.462 e. The van der Waals surface area contributed by atoms with E-state index in [-0.39, 0.29) is 13.2 Å². The lowest BCUT2D eigenvalue weighted by Crippen LogP contribution is -2.59. The first-order valence-electron chi connectivity index (χ1n) is 10.6. The summed E-state index contributed by atoms with van der Waals surface area (Å²) in [4.78, 5) is 38.0. The number of hydrogen-bond acceptors (Lipinski definition) is 8. The lowest BCUT2D eigenvalue weighted by molar-refractivity contribution is -0.262. The highest BCUT2D eigenvalue weighted by Gasteiger charge is 2.49. The number of benzene rings is 1. The molecule has 32 heavy (non-hydrogen) atoms. The van der Waals surface area contributed by atoms with Crippen molar-refractivity contribution in [2.75, 3.05) is 13.7 Å². The summed E-state index contributed by atoms with van der Waals surface area (Å²) >= 11 is 0. The first kappa shape index (κ1) is 26.0. The first-order chi connectivity index (χ1) is 14.8. The van der Waals surface area contributed by atoms with Gasteiger partial charge in [0.15, 0.2) is 0 Å². The number of ether oxygens (including phenoxy) is 5. The number of ketones is 1. The van der Waals surface area contributed by atoms with E-state index in [0.29, 0.717) is 0 Å². The van der Waals surface area contributed by atoms with Crippen molar-refractivity contribution in [1.29, 1.82) is 0 Å². The largest absolute Gasteiger partial charge is 0.462 e. The molecule has 0 saturated carbocycles. The van der Waals surface area contributed by atoms with Gasteiger partial charge in [0.25, 0.3) is 0 Å². The van der Waals surface area contributed by atoms with Gasteiger partial charge in [0.05, 0.1) is 17.4 Å². The summed E-state index contributed by atoms with van der Waals surface area (Å²) < 4.78 is 27.9. The van der Waals surface area contributed by atoms with E-state index < -0.39 is 53.2 Å². The van der Waals surface area contributed by atoms with Crippen LogP contribution in [0.15, 0.2) is 30.3 Å². The Balaban J connectivity index is 2.23. The molecule has 0 bridgehead atoms. The maximum atomic E-state index is 13.3. The van der Waals surface area contributed by atoms with Crippen molar-refractivity contribution in [2.45, 2.75) is 72.8 Å². The monoisotopic (exact) mass is 450 g/mol. The fourth-order valence-corrected chi connectivity index (χ4v) is 2.83. The van der Waals surface area contributed by atoms with Gasteiger partial charge in [0.2, 0.25) is 18.2 Å². The Hall–Kier alpha value is -2.29. The number of hydrogen-bond donors (Lipinski definition) is 0. The zero-order chi connectivity index (χ0) is 24.1. The minimum absolute atomic E-state index is 0.127. The Bertz CT molecular complexity index is 790. The van der Waals surface area contributed by atoms with Crippen molar-refractivity contribution >= 4 is 17.7 Å². The molecule has 1 aliphatic rings. The molecule has 1 aliphatic heterocycles. The molecular weight excluding hydrogens is 416 g/mol. The fraction of sp³-hybridized carbons (Fsp3) is 0.625. The van der Waals surface area contributed by atoms with Crippen molar-refractivity contribution < 1.29 is 38.1 Å². The van der Waals surface area contributed by atoms with Gasteiger partial charge in [-0.2, -0.15) is 0 Å². The summed E-state index contributed by atoms with van der Waals surface area (Å²) in [5, 5.41) is 0. The standard InChI is InChI=1S/C24H34O8/c1-23(2,3)21(26)30-14-16-18(29-13-15-11-9-8-10-12-15)17(25)19(20(28-7)31-16)32-22(27)24(4,5)6/h8-12,16,18-20H,13-14H2,1-7H3/t16-,18-,19-,20+/m1/s1. The van der Waals surface area contributed by atoms with E-state index in [4.69, 9.17) is 23.7 Å². The van der Waals surface area contributed by atoms with Gasteiger partial charge in [0.1, 0.15) is 18.8 Å². The summed E-state index contributed by atoms with van der Waals surface area (Å²) in [7, 11) is 1.35. The summed E-state index contributed by atoms with van der Waals surface area (Å²) in [6, 6.07) is 9.30. The Morgan fingerprint density at radius 1 is 0.938 bits per heavy atom. The van der Waals surface area contributed by atoms with Crippen molar-refractivity contribution in [2.24, 2.45) is 10.8 Å². The third kappa shape index (κ3) is 6.85. The summed E-state index contributed by atoms with van der Waals surface area (Å²) in [6.45, 7) is 10.2. The van der Waals surface area contributed by atoms with Gasteiger partial charge >= 0.3 is 11.9 Å². The topological polar surface area (TPSA) is 97.4 Å². The van der Waals surface area contributed by atoms with Crippen LogP contribution in [0.25, 0.3) is 0 Å². The van der Waals surface area contributed by atoms with Gasteiger partial charge in [0, 0.05) is 7.11 Å². The molecule has 8 heteroatoms. The van der Waals surface area contributed by atoms with Gasteiger partial charge in [-0.1, -0.05) is 30.3 Å². The SMILES string of the molecule is CO[C@H]1O[C@H](COC(=O)C(C)(C)C)[C@@H](OCc2ccccc2)C(=O)[C@H]1OC(=O)C(C)(C)C. The molecular formula is C24H34O8. The number of carbonyl (C=O) groups is 3. The second-order valence-electron chi connectivity index (χ2n) is 9.82. The summed E-state index contributed by atoms with van der Waals surface area (Å²) in [5.74, 6) is -1.51. The number of methoxy groups -OCH3 is 1. The average Bonchev–Trinajstić information content (AvgIpc) is 2.72. The molecule has 0 N–H and O–H groups in total. The highest BCUT2D eigenvalue weighted by atomic mass is 16.7. The quantitative estimate of drug-likeness (QED) is 0.585. The minimum atomic E-state index is -1.30. The number of rotatable bonds is 7. The van der Waals surface area contributed by atoms with Crippen molar-refractivity contribution in [3.63, 3.8) is 0 Å². The third-order valence-electron chi connectivity index (χ3n) is 4.80. The lowest BCUT2D eigenvalue weighted by Gasteiger charge is -2.39. The zero-order valence-corrected chi connectivity index (χ0v) is 19.9. The van der Waals surface area contributed by atoms with Gasteiger partial charge in [-0.25, -0.2) is 0 Å². The van der Waals surface area contributed by atoms with Gasteiger partial charge in [-0.15, -0.1) is 0 Å². The van der Waals surface area contributed by atoms with Gasteiger partial charge in [-0.05, 0) is 47.1 Å². The molecule has 4 atom stereocenters. The van der Waals surface area contributed by atoms with Crippen LogP contribution in [0.3, 0.4) is 0 Å². The molecule has 1 saturated heterocycles. The highest BCUT2D eigenvalue weighted by Crippen LogP contribution is 2.27. The molecule has 2 rings (SSSR count). The predicted molar refractivity (Wildman–Crippen MR) is 115 cm³/mol. The summed E-state index contributed by atoms with van der Waals surface area (Å²) in [6.07, 6.45) is -4.50. The smallest absolute Gasteiger partial charge is 0.312 e. The molecule has 0 aromatic heterocycles. The van der Waals surface area contributed by atoms with Gasteiger partial charge < -0.3 is 23.7 Å². The zero-order valence-electron chi connectivity index (χ0n) is 19.9. The van der Waals surface area contributed by atoms with Crippen LogP contribution in [-0.4, -0.2) is 56.0 Å². The Morgan fingerprint density at radius 2 is 1.53 bits per heavy atom. The van der Waals surface area contributed by atoms with Crippen molar-refractivity contribution in [3.05, 3.63) is 35.9 Å². The Morgan fingerprint density at radius 3 is 2.06 bits per heavy atom. The van der Waals surface area contributed by atoms with Gasteiger partial charge in [-0.3, -0.25) is 14.4 Å². The van der Waals surface area contributed by atoms with E-state index in [0.717, 1.165) is 5.56 Å². The van der Waals surface area contributed by atoms with Crippen LogP contribution < -0.4 is 0 Å². The molecule has 8 nitrogen and oxygen atoms in total. The maximum Gasteiger partial charge on any atom is 0.312 e. The Kier molecular flexibility index (Phi) is 8.56. The second-order valence-corrected chi connectivity index (χ2v) is 9.82. The van der Waals surface area contributed by atoms with E-state index >= 15 is 0 Å². The molecule has 0 spiro atoms. The van der Waals surface area contributed by atoms with E-state index in [9.17, 15) is 14.4 Å². The highest BCUT2D eigenvalue weighted by molar-refractivity contribution is 5.91. The van der Waals surface area contributed by atoms with E-state index in [1.807, 2.05) is 30.3 Å². The molecule has 178 valence electrons. The first-order valence-corrected chi connectivity index (χ1v) is 10.6. The average molecular weight is 451 g/mol. The normalized spacial score (nSPS) is 24.2. The van der Waals surface area contributed by atoms with Crippen molar-refractivity contribution in [1.82, 2.24) is 0 Å². The molecule has 1 aromatic carbocycles. The van der Waals surface area contributed by atoms with E-state index in [1.54, 1.807) is 41.5 Å². The van der Waals surface area contributed by atoms with Crippen LogP contribution in [-0.2, 0) is 44.7 Å². The molecule has 1 aromatic rings.